The summed E-state index contributed by atoms with van der Waals surface area (Å²) >= 11 is 0. The molecule has 0 amide bonds. The van der Waals surface area contributed by atoms with E-state index in [9.17, 15) is 0 Å². The lowest BCUT2D eigenvalue weighted by Gasteiger charge is -2.27. The summed E-state index contributed by atoms with van der Waals surface area (Å²) in [4.78, 5) is 11.0. The zero-order chi connectivity index (χ0) is 14.5. The fraction of sp³-hybridized carbons (Fsp3) is 0.500. The molecular formula is C16H23N5. The van der Waals surface area contributed by atoms with Gasteiger partial charge >= 0.3 is 0 Å². The highest BCUT2D eigenvalue weighted by Gasteiger charge is 2.12. The molecule has 0 radical (unpaired) electrons. The standard InChI is InChI=1S/C16H23N5/c1-20-13-18-12-15(20)11-17-10-14-5-6-19-16(9-14)21-7-3-2-4-8-21/h5-6,9,12-13,17H,2-4,7-8,10-11H2,1H3. The molecule has 5 nitrogen and oxygen atoms in total. The van der Waals surface area contributed by atoms with Crippen molar-refractivity contribution in [2.75, 3.05) is 18.0 Å². The van der Waals surface area contributed by atoms with Gasteiger partial charge in [-0.25, -0.2) is 9.97 Å². The van der Waals surface area contributed by atoms with Gasteiger partial charge in [0.15, 0.2) is 0 Å². The molecular weight excluding hydrogens is 262 g/mol. The molecule has 112 valence electrons. The maximum atomic E-state index is 4.52. The smallest absolute Gasteiger partial charge is 0.128 e. The van der Waals surface area contributed by atoms with E-state index in [0.717, 1.165) is 32.0 Å². The van der Waals surface area contributed by atoms with Gasteiger partial charge in [-0.1, -0.05) is 0 Å². The molecule has 0 aromatic carbocycles. The number of hydrogen-bond acceptors (Lipinski definition) is 4. The number of anilines is 1. The fourth-order valence-corrected chi connectivity index (χ4v) is 2.76. The van der Waals surface area contributed by atoms with Crippen LogP contribution in [-0.2, 0) is 20.1 Å². The van der Waals surface area contributed by atoms with Gasteiger partial charge in [0.25, 0.3) is 0 Å². The van der Waals surface area contributed by atoms with E-state index in [0.29, 0.717) is 0 Å². The fourth-order valence-electron chi connectivity index (χ4n) is 2.76. The zero-order valence-electron chi connectivity index (χ0n) is 12.6. The lowest BCUT2D eigenvalue weighted by Crippen LogP contribution is -2.30. The van der Waals surface area contributed by atoms with Crippen LogP contribution in [-0.4, -0.2) is 27.6 Å². The number of nitrogens with zero attached hydrogens (tertiary/aromatic N) is 4. The highest BCUT2D eigenvalue weighted by Crippen LogP contribution is 2.18. The van der Waals surface area contributed by atoms with Crippen molar-refractivity contribution >= 4 is 5.82 Å². The summed E-state index contributed by atoms with van der Waals surface area (Å²) in [5.41, 5.74) is 2.48. The van der Waals surface area contributed by atoms with E-state index in [-0.39, 0.29) is 0 Å². The minimum Gasteiger partial charge on any atom is -0.357 e. The van der Waals surface area contributed by atoms with Crippen LogP contribution in [0.5, 0.6) is 0 Å². The summed E-state index contributed by atoms with van der Waals surface area (Å²) < 4.78 is 2.04. The van der Waals surface area contributed by atoms with E-state index >= 15 is 0 Å². The summed E-state index contributed by atoms with van der Waals surface area (Å²) in [6.07, 6.45) is 9.57. The third-order valence-corrected chi connectivity index (χ3v) is 4.04. The van der Waals surface area contributed by atoms with Gasteiger partial charge in [0.2, 0.25) is 0 Å². The summed E-state index contributed by atoms with van der Waals surface area (Å²) in [7, 11) is 2.02. The van der Waals surface area contributed by atoms with Crippen molar-refractivity contribution in [1.29, 1.82) is 0 Å². The summed E-state index contributed by atoms with van der Waals surface area (Å²) in [6, 6.07) is 4.30. The van der Waals surface area contributed by atoms with E-state index in [2.05, 4.69) is 32.3 Å². The van der Waals surface area contributed by atoms with E-state index in [4.69, 9.17) is 0 Å². The largest absolute Gasteiger partial charge is 0.357 e. The molecule has 0 bridgehead atoms. The molecule has 21 heavy (non-hydrogen) atoms. The zero-order valence-corrected chi connectivity index (χ0v) is 12.6. The van der Waals surface area contributed by atoms with Crippen molar-refractivity contribution in [3.63, 3.8) is 0 Å². The van der Waals surface area contributed by atoms with Crippen LogP contribution in [0, 0.1) is 0 Å². The molecule has 1 saturated heterocycles. The molecule has 1 fully saturated rings. The van der Waals surface area contributed by atoms with E-state index in [1.54, 1.807) is 0 Å². The molecule has 0 aliphatic carbocycles. The number of aromatic nitrogens is 3. The van der Waals surface area contributed by atoms with Crippen LogP contribution in [0.4, 0.5) is 5.82 Å². The monoisotopic (exact) mass is 285 g/mol. The second-order valence-corrected chi connectivity index (χ2v) is 5.67. The van der Waals surface area contributed by atoms with Gasteiger partial charge in [0.1, 0.15) is 5.82 Å². The van der Waals surface area contributed by atoms with Crippen LogP contribution in [0.15, 0.2) is 30.9 Å². The Morgan fingerprint density at radius 3 is 2.81 bits per heavy atom. The SMILES string of the molecule is Cn1cncc1CNCc1ccnc(N2CCCCC2)c1. The molecule has 1 N–H and O–H groups in total. The first-order valence-electron chi connectivity index (χ1n) is 7.69. The van der Waals surface area contributed by atoms with Crippen molar-refractivity contribution in [2.24, 2.45) is 7.05 Å². The van der Waals surface area contributed by atoms with Crippen molar-refractivity contribution in [2.45, 2.75) is 32.4 Å². The second-order valence-electron chi connectivity index (χ2n) is 5.67. The topological polar surface area (TPSA) is 46.0 Å². The van der Waals surface area contributed by atoms with E-state index in [1.807, 2.05) is 30.3 Å². The minimum absolute atomic E-state index is 0.831. The molecule has 0 spiro atoms. The van der Waals surface area contributed by atoms with Crippen LogP contribution < -0.4 is 10.2 Å². The van der Waals surface area contributed by atoms with Gasteiger partial charge in [-0.2, -0.15) is 0 Å². The Bertz CT molecular complexity index is 572. The van der Waals surface area contributed by atoms with Gasteiger partial charge in [0.05, 0.1) is 12.0 Å². The molecule has 3 rings (SSSR count). The highest BCUT2D eigenvalue weighted by atomic mass is 15.2. The molecule has 0 atom stereocenters. The Labute approximate surface area is 126 Å². The predicted octanol–water partition coefficient (Wildman–Crippen LogP) is 2.10. The van der Waals surface area contributed by atoms with Crippen LogP contribution in [0.1, 0.15) is 30.5 Å². The first-order chi connectivity index (χ1) is 10.3. The second kappa shape index (κ2) is 6.72. The first-order valence-corrected chi connectivity index (χ1v) is 7.69. The van der Waals surface area contributed by atoms with Crippen LogP contribution in [0.2, 0.25) is 0 Å². The summed E-state index contributed by atoms with van der Waals surface area (Å²) in [5, 5.41) is 3.47. The third-order valence-electron chi connectivity index (χ3n) is 4.04. The van der Waals surface area contributed by atoms with Crippen molar-refractivity contribution in [3.8, 4) is 0 Å². The Morgan fingerprint density at radius 1 is 1.19 bits per heavy atom. The Hall–Kier alpha value is -1.88. The predicted molar refractivity (Wildman–Crippen MR) is 84.1 cm³/mol. The molecule has 1 aliphatic heterocycles. The number of hydrogen-bond donors (Lipinski definition) is 1. The average molecular weight is 285 g/mol. The van der Waals surface area contributed by atoms with Crippen LogP contribution in [0.3, 0.4) is 0 Å². The number of rotatable bonds is 5. The van der Waals surface area contributed by atoms with Gasteiger partial charge < -0.3 is 14.8 Å². The van der Waals surface area contributed by atoms with Gasteiger partial charge in [-0.15, -0.1) is 0 Å². The number of imidazole rings is 1. The molecule has 2 aromatic rings. The minimum atomic E-state index is 0.831. The molecule has 0 unspecified atom stereocenters. The van der Waals surface area contributed by atoms with Crippen molar-refractivity contribution in [1.82, 2.24) is 19.9 Å². The van der Waals surface area contributed by atoms with Crippen LogP contribution in [0.25, 0.3) is 0 Å². The lowest BCUT2D eigenvalue weighted by molar-refractivity contribution is 0.573. The third kappa shape index (κ3) is 3.61. The first kappa shape index (κ1) is 14.1. The highest BCUT2D eigenvalue weighted by molar-refractivity contribution is 5.41. The summed E-state index contributed by atoms with van der Waals surface area (Å²) in [6.45, 7) is 3.96. The normalized spacial score (nSPS) is 15.4. The molecule has 1 aliphatic rings. The van der Waals surface area contributed by atoms with Gasteiger partial charge in [-0.3, -0.25) is 0 Å². The lowest BCUT2D eigenvalue weighted by atomic mass is 10.1. The average Bonchev–Trinajstić information content (AvgIpc) is 2.94. The van der Waals surface area contributed by atoms with E-state index < -0.39 is 0 Å². The molecule has 0 saturated carbocycles. The number of aryl methyl sites for hydroxylation is 1. The Kier molecular flexibility index (Phi) is 4.50. The maximum absolute atomic E-state index is 4.52. The number of pyridine rings is 1. The van der Waals surface area contributed by atoms with E-state index in [1.165, 1.54) is 30.5 Å². The molecule has 5 heteroatoms. The Balaban J connectivity index is 1.57. The van der Waals surface area contributed by atoms with Crippen molar-refractivity contribution < 1.29 is 0 Å². The molecule has 2 aromatic heterocycles. The summed E-state index contributed by atoms with van der Waals surface area (Å²) in [5.74, 6) is 1.12. The van der Waals surface area contributed by atoms with Gasteiger partial charge in [0, 0.05) is 45.6 Å². The number of piperidine rings is 1. The van der Waals surface area contributed by atoms with Gasteiger partial charge in [-0.05, 0) is 37.0 Å². The number of nitrogens with one attached hydrogen (secondary N) is 1. The van der Waals surface area contributed by atoms with Crippen molar-refractivity contribution in [3.05, 3.63) is 42.1 Å². The molecule has 3 heterocycles. The maximum Gasteiger partial charge on any atom is 0.128 e. The quantitative estimate of drug-likeness (QED) is 0.914. The van der Waals surface area contributed by atoms with Crippen LogP contribution >= 0.6 is 0 Å². The Morgan fingerprint density at radius 2 is 2.05 bits per heavy atom.